The van der Waals surface area contributed by atoms with E-state index >= 15 is 0 Å². The second-order valence-electron chi connectivity index (χ2n) is 4.84. The molecule has 0 bridgehead atoms. The SMILES string of the molecule is CC(C)N(C(=O)c1c(F)c(F)c(F)c(F)c1F)C(C)C. The average molecular weight is 295 g/mol. The Morgan fingerprint density at radius 1 is 0.750 bits per heavy atom. The molecular weight excluding hydrogens is 281 g/mol. The van der Waals surface area contributed by atoms with Crippen molar-refractivity contribution in [2.24, 2.45) is 0 Å². The molecule has 1 aromatic rings. The lowest BCUT2D eigenvalue weighted by molar-refractivity contribution is 0.0630. The lowest BCUT2D eigenvalue weighted by atomic mass is 10.1. The van der Waals surface area contributed by atoms with Crippen LogP contribution in [0.2, 0.25) is 0 Å². The molecule has 0 aromatic heterocycles. The van der Waals surface area contributed by atoms with Crippen molar-refractivity contribution in [3.05, 3.63) is 34.6 Å². The van der Waals surface area contributed by atoms with Gasteiger partial charge in [0, 0.05) is 12.1 Å². The van der Waals surface area contributed by atoms with E-state index in [4.69, 9.17) is 0 Å². The van der Waals surface area contributed by atoms with Crippen LogP contribution in [0.4, 0.5) is 22.0 Å². The molecule has 0 spiro atoms. The summed E-state index contributed by atoms with van der Waals surface area (Å²) < 4.78 is 66.3. The smallest absolute Gasteiger partial charge is 0.260 e. The monoisotopic (exact) mass is 295 g/mol. The molecule has 0 aliphatic rings. The van der Waals surface area contributed by atoms with E-state index in [-0.39, 0.29) is 0 Å². The number of hydrogen-bond acceptors (Lipinski definition) is 1. The Labute approximate surface area is 113 Å². The minimum absolute atomic E-state index is 0.461. The molecule has 0 unspecified atom stereocenters. The van der Waals surface area contributed by atoms with Crippen LogP contribution in [-0.2, 0) is 0 Å². The van der Waals surface area contributed by atoms with Gasteiger partial charge in [0.15, 0.2) is 23.3 Å². The molecule has 7 heteroatoms. The highest BCUT2D eigenvalue weighted by Crippen LogP contribution is 2.25. The third kappa shape index (κ3) is 2.62. The van der Waals surface area contributed by atoms with Crippen molar-refractivity contribution in [3.8, 4) is 0 Å². The van der Waals surface area contributed by atoms with Crippen LogP contribution in [-0.4, -0.2) is 22.9 Å². The molecule has 0 atom stereocenters. The highest BCUT2D eigenvalue weighted by molar-refractivity contribution is 5.95. The predicted octanol–water partition coefficient (Wildman–Crippen LogP) is 3.64. The Morgan fingerprint density at radius 3 is 1.35 bits per heavy atom. The molecule has 0 heterocycles. The van der Waals surface area contributed by atoms with Crippen molar-refractivity contribution in [1.29, 1.82) is 0 Å². The predicted molar refractivity (Wildman–Crippen MR) is 62.7 cm³/mol. The van der Waals surface area contributed by atoms with Gasteiger partial charge in [-0.15, -0.1) is 0 Å². The maximum Gasteiger partial charge on any atom is 0.260 e. The molecule has 2 nitrogen and oxygen atoms in total. The molecule has 0 N–H and O–H groups in total. The standard InChI is InChI=1S/C13H14F5NO/c1-5(2)19(6(3)4)13(20)7-8(14)10(16)12(18)11(17)9(7)15/h5-6H,1-4H3. The molecule has 1 rings (SSSR count). The van der Waals surface area contributed by atoms with E-state index in [1.54, 1.807) is 27.7 Å². The van der Waals surface area contributed by atoms with Gasteiger partial charge in [-0.1, -0.05) is 0 Å². The summed E-state index contributed by atoms with van der Waals surface area (Å²) in [6.07, 6.45) is 0. The first-order valence-electron chi connectivity index (χ1n) is 5.95. The van der Waals surface area contributed by atoms with Crippen molar-refractivity contribution in [2.75, 3.05) is 0 Å². The molecule has 1 aromatic carbocycles. The second kappa shape index (κ2) is 5.76. The number of rotatable bonds is 3. The van der Waals surface area contributed by atoms with Gasteiger partial charge in [-0.05, 0) is 27.7 Å². The van der Waals surface area contributed by atoms with Crippen LogP contribution in [0.15, 0.2) is 0 Å². The molecule has 1 amide bonds. The Hall–Kier alpha value is -1.66. The number of nitrogens with zero attached hydrogens (tertiary/aromatic N) is 1. The molecule has 20 heavy (non-hydrogen) atoms. The second-order valence-corrected chi connectivity index (χ2v) is 4.84. The number of amides is 1. The molecule has 0 aliphatic heterocycles. The van der Waals surface area contributed by atoms with Crippen molar-refractivity contribution in [3.63, 3.8) is 0 Å². The van der Waals surface area contributed by atoms with Crippen LogP contribution in [0.25, 0.3) is 0 Å². The van der Waals surface area contributed by atoms with Crippen molar-refractivity contribution < 1.29 is 26.7 Å². The highest BCUT2D eigenvalue weighted by Gasteiger charge is 2.33. The highest BCUT2D eigenvalue weighted by atomic mass is 19.2. The summed E-state index contributed by atoms with van der Waals surface area (Å²) in [5.74, 6) is -12.0. The topological polar surface area (TPSA) is 20.3 Å². The summed E-state index contributed by atoms with van der Waals surface area (Å²) in [4.78, 5) is 13.1. The summed E-state index contributed by atoms with van der Waals surface area (Å²) in [6, 6.07) is -0.921. The first-order valence-corrected chi connectivity index (χ1v) is 5.95. The van der Waals surface area contributed by atoms with E-state index in [9.17, 15) is 26.7 Å². The van der Waals surface area contributed by atoms with Crippen molar-refractivity contribution in [2.45, 2.75) is 39.8 Å². The van der Waals surface area contributed by atoms with E-state index < -0.39 is 52.6 Å². The number of benzene rings is 1. The zero-order valence-corrected chi connectivity index (χ0v) is 11.4. The van der Waals surface area contributed by atoms with Gasteiger partial charge in [-0.3, -0.25) is 4.79 Å². The van der Waals surface area contributed by atoms with E-state index in [1.165, 1.54) is 0 Å². The van der Waals surface area contributed by atoms with Gasteiger partial charge < -0.3 is 4.90 Å². The van der Waals surface area contributed by atoms with Gasteiger partial charge >= 0.3 is 0 Å². The number of halogens is 5. The molecule has 0 aliphatic carbocycles. The zero-order valence-electron chi connectivity index (χ0n) is 11.4. The van der Waals surface area contributed by atoms with Crippen LogP contribution < -0.4 is 0 Å². The lowest BCUT2D eigenvalue weighted by Crippen LogP contribution is -2.43. The number of carbonyl (C=O) groups is 1. The first-order chi connectivity index (χ1) is 9.11. The quantitative estimate of drug-likeness (QED) is 0.473. The van der Waals surface area contributed by atoms with Gasteiger partial charge in [0.25, 0.3) is 5.91 Å². The van der Waals surface area contributed by atoms with E-state index in [0.717, 1.165) is 4.90 Å². The van der Waals surface area contributed by atoms with Crippen LogP contribution in [0.3, 0.4) is 0 Å². The largest absolute Gasteiger partial charge is 0.334 e. The molecule has 112 valence electrons. The number of carbonyl (C=O) groups excluding carboxylic acids is 1. The Bertz CT molecular complexity index is 505. The van der Waals surface area contributed by atoms with E-state index in [2.05, 4.69) is 0 Å². The zero-order chi connectivity index (χ0) is 15.8. The van der Waals surface area contributed by atoms with Gasteiger partial charge in [0.1, 0.15) is 5.56 Å². The van der Waals surface area contributed by atoms with Crippen molar-refractivity contribution >= 4 is 5.91 Å². The van der Waals surface area contributed by atoms with Gasteiger partial charge in [0.2, 0.25) is 5.82 Å². The van der Waals surface area contributed by atoms with E-state index in [1.807, 2.05) is 0 Å². The molecule has 0 saturated carbocycles. The summed E-state index contributed by atoms with van der Waals surface area (Å²) >= 11 is 0. The number of hydrogen-bond donors (Lipinski definition) is 0. The third-order valence-electron chi connectivity index (χ3n) is 2.77. The molecule has 0 saturated heterocycles. The van der Waals surface area contributed by atoms with Crippen LogP contribution >= 0.6 is 0 Å². The summed E-state index contributed by atoms with van der Waals surface area (Å²) in [5, 5.41) is 0. The Kier molecular flexibility index (Phi) is 4.73. The maximum atomic E-state index is 13.6. The molecule has 0 fully saturated rings. The van der Waals surface area contributed by atoms with Crippen LogP contribution in [0.1, 0.15) is 38.1 Å². The fourth-order valence-electron chi connectivity index (χ4n) is 1.99. The van der Waals surface area contributed by atoms with Gasteiger partial charge in [0.05, 0.1) is 0 Å². The Morgan fingerprint density at radius 2 is 1.05 bits per heavy atom. The Balaban J connectivity index is 3.51. The van der Waals surface area contributed by atoms with Crippen LogP contribution in [0.5, 0.6) is 0 Å². The lowest BCUT2D eigenvalue weighted by Gasteiger charge is -2.31. The van der Waals surface area contributed by atoms with Gasteiger partial charge in [-0.25, -0.2) is 22.0 Å². The fraction of sp³-hybridized carbons (Fsp3) is 0.462. The molecule has 0 radical (unpaired) electrons. The average Bonchev–Trinajstić information content (AvgIpc) is 2.33. The summed E-state index contributed by atoms with van der Waals surface area (Å²) in [6.45, 7) is 6.29. The minimum atomic E-state index is -2.28. The molecular formula is C13H14F5NO. The third-order valence-corrected chi connectivity index (χ3v) is 2.77. The summed E-state index contributed by atoms with van der Waals surface area (Å²) in [7, 11) is 0. The first kappa shape index (κ1) is 16.4. The normalized spacial score (nSPS) is 11.3. The van der Waals surface area contributed by atoms with Crippen LogP contribution in [0, 0.1) is 29.1 Å². The van der Waals surface area contributed by atoms with Gasteiger partial charge in [-0.2, -0.15) is 0 Å². The summed E-state index contributed by atoms with van der Waals surface area (Å²) in [5.41, 5.74) is -1.43. The van der Waals surface area contributed by atoms with Crippen molar-refractivity contribution in [1.82, 2.24) is 4.90 Å². The fourth-order valence-corrected chi connectivity index (χ4v) is 1.99. The van der Waals surface area contributed by atoms with E-state index in [0.29, 0.717) is 0 Å². The maximum absolute atomic E-state index is 13.6. The minimum Gasteiger partial charge on any atom is -0.334 e.